The van der Waals surface area contributed by atoms with E-state index in [2.05, 4.69) is 0 Å². The third-order valence-corrected chi connectivity index (χ3v) is 5.65. The van der Waals surface area contributed by atoms with Crippen LogP contribution in [0.15, 0.2) is 65.9 Å². The molecule has 5 heteroatoms. The minimum absolute atomic E-state index is 0.0420. The van der Waals surface area contributed by atoms with Crippen LogP contribution in [0, 0.1) is 5.82 Å². The number of halogens is 1. The Hall–Kier alpha value is -2.79. The van der Waals surface area contributed by atoms with E-state index in [1.54, 1.807) is 22.2 Å². The van der Waals surface area contributed by atoms with Crippen LogP contribution < -0.4 is 0 Å². The summed E-state index contributed by atoms with van der Waals surface area (Å²) in [6, 6.07) is 16.1. The van der Waals surface area contributed by atoms with Crippen LogP contribution in [-0.2, 0) is 9.59 Å². The van der Waals surface area contributed by atoms with E-state index in [9.17, 15) is 14.0 Å². The standard InChI is InChI=1S/C23H23FN2O2/c1-25(2)26-20-12-17(15-6-4-3-5-7-15)13-21(27)23(20)19(14-22(26)28)16-8-10-18(24)11-9-16/h3-11,17,19H,12-14H2,1-2H3/t17-,19+/m1/s1. The molecular weight excluding hydrogens is 355 g/mol. The molecule has 2 aliphatic rings. The number of amides is 1. The number of carbonyl (C=O) groups is 2. The zero-order valence-electron chi connectivity index (χ0n) is 16.1. The lowest BCUT2D eigenvalue weighted by molar-refractivity contribution is -0.143. The predicted octanol–water partition coefficient (Wildman–Crippen LogP) is 4.02. The molecule has 2 aromatic carbocycles. The van der Waals surface area contributed by atoms with Gasteiger partial charge in [-0.15, -0.1) is 0 Å². The van der Waals surface area contributed by atoms with Gasteiger partial charge in [-0.3, -0.25) is 9.59 Å². The van der Waals surface area contributed by atoms with Crippen molar-refractivity contribution in [1.82, 2.24) is 10.0 Å². The Bertz CT molecular complexity index is 935. The number of rotatable bonds is 3. The molecule has 0 fully saturated rings. The van der Waals surface area contributed by atoms with Gasteiger partial charge in [0.15, 0.2) is 5.78 Å². The highest BCUT2D eigenvalue weighted by Crippen LogP contribution is 2.45. The molecule has 0 N–H and O–H groups in total. The average Bonchev–Trinajstić information content (AvgIpc) is 2.68. The first-order valence-electron chi connectivity index (χ1n) is 9.52. The fourth-order valence-corrected chi connectivity index (χ4v) is 4.42. The zero-order chi connectivity index (χ0) is 19.8. The van der Waals surface area contributed by atoms with E-state index in [-0.39, 0.29) is 35.8 Å². The number of Topliss-reactive ketones (excluding diaryl/α,β-unsaturated/α-hetero) is 1. The SMILES string of the molecule is CN(C)N1C(=O)C[C@@H](c2ccc(F)cc2)C2=C1C[C@@H](c1ccccc1)CC2=O. The molecule has 4 nitrogen and oxygen atoms in total. The highest BCUT2D eigenvalue weighted by molar-refractivity contribution is 6.02. The van der Waals surface area contributed by atoms with Crippen LogP contribution in [0.3, 0.4) is 0 Å². The van der Waals surface area contributed by atoms with Gasteiger partial charge in [0.25, 0.3) is 0 Å². The first-order valence-corrected chi connectivity index (χ1v) is 9.52. The number of benzene rings is 2. The molecule has 1 amide bonds. The fourth-order valence-electron chi connectivity index (χ4n) is 4.42. The minimum Gasteiger partial charge on any atom is -0.294 e. The summed E-state index contributed by atoms with van der Waals surface area (Å²) in [5, 5.41) is 3.39. The van der Waals surface area contributed by atoms with Gasteiger partial charge in [-0.1, -0.05) is 42.5 Å². The third-order valence-electron chi connectivity index (χ3n) is 5.65. The van der Waals surface area contributed by atoms with E-state index >= 15 is 0 Å². The van der Waals surface area contributed by atoms with Crippen LogP contribution >= 0.6 is 0 Å². The normalized spacial score (nSPS) is 22.6. The summed E-state index contributed by atoms with van der Waals surface area (Å²) in [5.41, 5.74) is 3.40. The van der Waals surface area contributed by atoms with E-state index < -0.39 is 0 Å². The Morgan fingerprint density at radius 3 is 2.21 bits per heavy atom. The first kappa shape index (κ1) is 18.6. The minimum atomic E-state index is -0.325. The van der Waals surface area contributed by atoms with Crippen LogP contribution in [-0.4, -0.2) is 35.8 Å². The monoisotopic (exact) mass is 378 g/mol. The lowest BCUT2D eigenvalue weighted by Crippen LogP contribution is -2.47. The molecule has 144 valence electrons. The second kappa shape index (κ2) is 7.32. The summed E-state index contributed by atoms with van der Waals surface area (Å²) >= 11 is 0. The number of nitrogens with zero attached hydrogens (tertiary/aromatic N) is 2. The number of hydrazine groups is 1. The Labute approximate surface area is 164 Å². The van der Waals surface area contributed by atoms with E-state index in [0.717, 1.165) is 16.8 Å². The summed E-state index contributed by atoms with van der Waals surface area (Å²) < 4.78 is 13.4. The summed E-state index contributed by atoms with van der Waals surface area (Å²) in [7, 11) is 3.63. The van der Waals surface area contributed by atoms with Crippen molar-refractivity contribution in [2.75, 3.05) is 14.1 Å². The molecule has 0 saturated heterocycles. The van der Waals surface area contributed by atoms with Gasteiger partial charge in [-0.2, -0.15) is 0 Å². The lowest BCUT2D eigenvalue weighted by Gasteiger charge is -2.42. The number of hydrogen-bond acceptors (Lipinski definition) is 3. The van der Waals surface area contributed by atoms with Gasteiger partial charge < -0.3 is 0 Å². The van der Waals surface area contributed by atoms with Gasteiger partial charge in [-0.05, 0) is 35.6 Å². The largest absolute Gasteiger partial charge is 0.294 e. The van der Waals surface area contributed by atoms with Crippen LogP contribution in [0.5, 0.6) is 0 Å². The summed E-state index contributed by atoms with van der Waals surface area (Å²) in [6.45, 7) is 0. The van der Waals surface area contributed by atoms with Crippen molar-refractivity contribution in [2.45, 2.75) is 31.1 Å². The second-order valence-electron chi connectivity index (χ2n) is 7.66. The molecule has 0 bridgehead atoms. The van der Waals surface area contributed by atoms with Crippen molar-refractivity contribution < 1.29 is 14.0 Å². The summed E-state index contributed by atoms with van der Waals surface area (Å²) in [5.74, 6) is -0.560. The number of hydrogen-bond donors (Lipinski definition) is 0. The maximum absolute atomic E-state index is 13.4. The van der Waals surface area contributed by atoms with Crippen molar-refractivity contribution in [3.63, 3.8) is 0 Å². The topological polar surface area (TPSA) is 40.6 Å². The zero-order valence-corrected chi connectivity index (χ0v) is 16.1. The van der Waals surface area contributed by atoms with Gasteiger partial charge >= 0.3 is 0 Å². The van der Waals surface area contributed by atoms with Crippen LogP contribution in [0.4, 0.5) is 4.39 Å². The lowest BCUT2D eigenvalue weighted by atomic mass is 9.73. The molecule has 0 radical (unpaired) electrons. The van der Waals surface area contributed by atoms with Crippen molar-refractivity contribution >= 4 is 11.7 Å². The van der Waals surface area contributed by atoms with Crippen LogP contribution in [0.2, 0.25) is 0 Å². The Kier molecular flexibility index (Phi) is 4.85. The van der Waals surface area contributed by atoms with Gasteiger partial charge in [0.05, 0.1) is 0 Å². The quantitative estimate of drug-likeness (QED) is 0.810. The van der Waals surface area contributed by atoms with Crippen molar-refractivity contribution in [3.05, 3.63) is 82.8 Å². The highest BCUT2D eigenvalue weighted by atomic mass is 19.1. The maximum atomic E-state index is 13.4. The molecule has 1 aliphatic carbocycles. The molecule has 2 atom stereocenters. The molecule has 28 heavy (non-hydrogen) atoms. The highest BCUT2D eigenvalue weighted by Gasteiger charge is 2.42. The number of allylic oxidation sites excluding steroid dienone is 2. The van der Waals surface area contributed by atoms with E-state index in [0.29, 0.717) is 18.4 Å². The van der Waals surface area contributed by atoms with E-state index in [1.165, 1.54) is 12.1 Å². The first-order chi connectivity index (χ1) is 13.5. The van der Waals surface area contributed by atoms with Crippen LogP contribution in [0.1, 0.15) is 42.2 Å². The molecule has 1 heterocycles. The molecule has 0 aromatic heterocycles. The molecule has 2 aromatic rings. The predicted molar refractivity (Wildman–Crippen MR) is 105 cm³/mol. The van der Waals surface area contributed by atoms with Crippen molar-refractivity contribution in [3.8, 4) is 0 Å². The van der Waals surface area contributed by atoms with Gasteiger partial charge in [-0.25, -0.2) is 14.4 Å². The molecule has 1 aliphatic heterocycles. The molecule has 0 saturated carbocycles. The number of carbonyl (C=O) groups excluding carboxylic acids is 2. The Morgan fingerprint density at radius 2 is 1.57 bits per heavy atom. The third kappa shape index (κ3) is 3.27. The van der Waals surface area contributed by atoms with Gasteiger partial charge in [0.1, 0.15) is 5.82 Å². The molecule has 0 unspecified atom stereocenters. The van der Waals surface area contributed by atoms with E-state index in [1.807, 2.05) is 44.4 Å². The van der Waals surface area contributed by atoms with E-state index in [4.69, 9.17) is 0 Å². The van der Waals surface area contributed by atoms with Gasteiger partial charge in [0, 0.05) is 44.1 Å². The summed E-state index contributed by atoms with van der Waals surface area (Å²) in [4.78, 5) is 26.2. The molecule has 0 spiro atoms. The molecule has 4 rings (SSSR count). The smallest absolute Gasteiger partial charge is 0.242 e. The second-order valence-corrected chi connectivity index (χ2v) is 7.66. The summed E-state index contributed by atoms with van der Waals surface area (Å²) in [6.07, 6.45) is 1.27. The Balaban J connectivity index is 1.80. The number of ketones is 1. The maximum Gasteiger partial charge on any atom is 0.242 e. The van der Waals surface area contributed by atoms with Crippen molar-refractivity contribution in [2.24, 2.45) is 0 Å². The van der Waals surface area contributed by atoms with Crippen LogP contribution in [0.25, 0.3) is 0 Å². The Morgan fingerprint density at radius 1 is 0.893 bits per heavy atom. The van der Waals surface area contributed by atoms with Gasteiger partial charge in [0.2, 0.25) is 5.91 Å². The fraction of sp³-hybridized carbons (Fsp3) is 0.304. The van der Waals surface area contributed by atoms with Crippen molar-refractivity contribution in [1.29, 1.82) is 0 Å². The molecular formula is C23H23FN2O2. The average molecular weight is 378 g/mol.